The molecule has 11 aromatic rings. The van der Waals surface area contributed by atoms with Gasteiger partial charge in [-0.2, -0.15) is 0 Å². The summed E-state index contributed by atoms with van der Waals surface area (Å²) in [5.74, 6) is -3.12. The third-order valence-electron chi connectivity index (χ3n) is 13.2. The SMILES string of the molecule is Brc1ccc2ccc(Br)cc2c1.C.COC(=O)c1cccc(-c2ccc3ccc(-c4cccc(C(=O)OC)c4)cc3c2)c1.COC(=O)c1cccc(B(O)O)c1.O.O=C(O)c1cccc(-c2ccc3ccc(-c4cccc(C(=O)O)c4)cc3c2)c1. The minimum Gasteiger partial charge on any atom is -0.478 e. The average Bonchev–Trinajstić information content (AvgIpc) is 2.11. The molecule has 0 aliphatic heterocycles. The fourth-order valence-corrected chi connectivity index (χ4v) is 9.65. The van der Waals surface area contributed by atoms with Crippen molar-refractivity contribution in [3.05, 3.63) is 267 Å². The Balaban J connectivity index is 0.000000193. The van der Waals surface area contributed by atoms with Gasteiger partial charge in [0, 0.05) is 8.95 Å². The van der Waals surface area contributed by atoms with Crippen LogP contribution in [0.15, 0.2) is 239 Å². The largest absolute Gasteiger partial charge is 0.488 e. The van der Waals surface area contributed by atoms with E-state index in [2.05, 4.69) is 97.3 Å². The quantitative estimate of drug-likeness (QED) is 0.0570. The van der Waals surface area contributed by atoms with Gasteiger partial charge in [-0.25, -0.2) is 24.0 Å². The van der Waals surface area contributed by atoms with Gasteiger partial charge in [0.2, 0.25) is 0 Å². The first-order chi connectivity index (χ1) is 40.0. The lowest BCUT2D eigenvalue weighted by Crippen LogP contribution is -2.30. The summed E-state index contributed by atoms with van der Waals surface area (Å²) in [5, 5.41) is 42.8. The normalized spacial score (nSPS) is 10.2. The molecular weight excluding hydrogens is 1210 g/mol. The molecule has 13 nitrogen and oxygen atoms in total. The van der Waals surface area contributed by atoms with Crippen LogP contribution < -0.4 is 5.46 Å². The van der Waals surface area contributed by atoms with Crippen LogP contribution in [0.5, 0.6) is 0 Å². The number of methoxy groups -OCH3 is 3. The van der Waals surface area contributed by atoms with E-state index in [0.29, 0.717) is 16.7 Å². The highest BCUT2D eigenvalue weighted by Gasteiger charge is 2.15. The lowest BCUT2D eigenvalue weighted by Gasteiger charge is -2.09. The van der Waals surface area contributed by atoms with Gasteiger partial charge in [0.1, 0.15) is 0 Å². The van der Waals surface area contributed by atoms with Crippen LogP contribution >= 0.6 is 31.9 Å². The van der Waals surface area contributed by atoms with Gasteiger partial charge in [-0.1, -0.05) is 161 Å². The molecule has 11 aromatic carbocycles. The second-order valence-corrected chi connectivity index (χ2v) is 20.4. The van der Waals surface area contributed by atoms with E-state index in [-0.39, 0.29) is 41.4 Å². The Hall–Kier alpha value is -9.55. The molecule has 0 aliphatic rings. The van der Waals surface area contributed by atoms with Gasteiger partial charge in [0.05, 0.1) is 49.1 Å². The van der Waals surface area contributed by atoms with Crippen LogP contribution in [0.4, 0.5) is 0 Å². The van der Waals surface area contributed by atoms with Gasteiger partial charge in [0.15, 0.2) is 0 Å². The maximum absolute atomic E-state index is 11.9. The van der Waals surface area contributed by atoms with Crippen LogP contribution in [0.1, 0.15) is 59.2 Å². The van der Waals surface area contributed by atoms with Crippen LogP contribution in [0.2, 0.25) is 0 Å². The second kappa shape index (κ2) is 30.1. The molecule has 0 fully saturated rings. The van der Waals surface area contributed by atoms with E-state index in [1.54, 1.807) is 54.6 Å². The molecule has 0 heterocycles. The van der Waals surface area contributed by atoms with Gasteiger partial charge in [-0.15, -0.1) is 0 Å². The number of carbonyl (C=O) groups is 5. The van der Waals surface area contributed by atoms with E-state index in [0.717, 1.165) is 75.0 Å². The number of halogens is 2. The number of rotatable bonds is 10. The summed E-state index contributed by atoms with van der Waals surface area (Å²) in [7, 11) is 2.46. The number of fused-ring (bicyclic) bond motifs is 3. The summed E-state index contributed by atoms with van der Waals surface area (Å²) in [6.45, 7) is 0. The summed E-state index contributed by atoms with van der Waals surface area (Å²) in [4.78, 5) is 57.2. The van der Waals surface area contributed by atoms with E-state index < -0.39 is 25.0 Å². The van der Waals surface area contributed by atoms with Gasteiger partial charge in [-0.3, -0.25) is 0 Å². The zero-order valence-corrected chi connectivity index (χ0v) is 48.5. The molecule has 0 saturated heterocycles. The Morgan fingerprint density at radius 3 is 0.894 bits per heavy atom. The molecule has 0 aromatic heterocycles. The molecule has 85 heavy (non-hydrogen) atoms. The van der Waals surface area contributed by atoms with E-state index >= 15 is 0 Å². The fourth-order valence-electron chi connectivity index (χ4n) is 8.89. The van der Waals surface area contributed by atoms with Crippen molar-refractivity contribution in [3.63, 3.8) is 0 Å². The molecule has 0 aliphatic carbocycles. The van der Waals surface area contributed by atoms with Crippen molar-refractivity contribution < 1.29 is 63.9 Å². The third-order valence-corrected chi connectivity index (χ3v) is 14.2. The van der Waals surface area contributed by atoms with Crippen molar-refractivity contribution >= 4 is 107 Å². The molecule has 0 saturated carbocycles. The highest BCUT2D eigenvalue weighted by Crippen LogP contribution is 2.32. The van der Waals surface area contributed by atoms with Crippen molar-refractivity contribution in [2.75, 3.05) is 21.3 Å². The number of carbonyl (C=O) groups excluding carboxylic acids is 3. The molecule has 0 atom stereocenters. The fraction of sp³-hybridized carbons (Fsp3) is 0.0580. The van der Waals surface area contributed by atoms with Crippen LogP contribution in [0.3, 0.4) is 0 Å². The van der Waals surface area contributed by atoms with Gasteiger partial charge in [-0.05, 0) is 191 Å². The lowest BCUT2D eigenvalue weighted by atomic mass is 9.80. The van der Waals surface area contributed by atoms with Crippen LogP contribution in [-0.4, -0.2) is 84.0 Å². The Bertz CT molecular complexity index is 4000. The molecule has 6 N–H and O–H groups in total. The molecule has 0 bridgehead atoms. The van der Waals surface area contributed by atoms with Crippen molar-refractivity contribution in [2.45, 2.75) is 7.43 Å². The van der Waals surface area contributed by atoms with Crippen LogP contribution in [0.25, 0.3) is 76.8 Å². The van der Waals surface area contributed by atoms with Crippen molar-refractivity contribution in [1.29, 1.82) is 0 Å². The standard InChI is InChI=1S/C26H20O4.C24H16O4.C10H6Br2.C8H9BO4.CH4.H2O/c1-29-25(27)22-7-3-5-18(13-22)20-11-9-17-10-12-21(16-24(17)15-20)19-6-4-8-23(14-19)26(28)30-2;25-23(26)20-5-1-3-16(11-20)18-9-7-15-8-10-19(14-22(15)13-18)17-4-2-6-21(12-17)24(27)28;11-9-3-1-7-2-4-10(12)6-8(7)5-9;1-13-8(10)6-3-2-4-7(5-6)9(11)12;;/h3-16H,1-2H3;1-14H,(H,25,26)(H,27,28);1-6H;2-5,11-12H,1H3;1H4;1H2. The zero-order valence-electron chi connectivity index (χ0n) is 45.3. The summed E-state index contributed by atoms with van der Waals surface area (Å²) in [5.41, 5.74) is 9.51. The molecule has 428 valence electrons. The maximum Gasteiger partial charge on any atom is 0.488 e. The number of benzene rings is 11. The second-order valence-electron chi connectivity index (χ2n) is 18.6. The first kappa shape index (κ1) is 64.6. The molecule has 0 radical (unpaired) electrons. The maximum atomic E-state index is 11.9. The van der Waals surface area contributed by atoms with Crippen molar-refractivity contribution in [2.24, 2.45) is 0 Å². The molecule has 0 unspecified atom stereocenters. The number of ether oxygens (including phenoxy) is 3. The minimum absolute atomic E-state index is 0. The Morgan fingerprint density at radius 2 is 0.588 bits per heavy atom. The topological polar surface area (TPSA) is 225 Å². The van der Waals surface area contributed by atoms with Crippen molar-refractivity contribution in [3.8, 4) is 44.5 Å². The smallest absolute Gasteiger partial charge is 0.478 e. The first-order valence-electron chi connectivity index (χ1n) is 25.5. The predicted molar refractivity (Wildman–Crippen MR) is 344 cm³/mol. The highest BCUT2D eigenvalue weighted by atomic mass is 79.9. The Morgan fingerprint density at radius 1 is 0.329 bits per heavy atom. The van der Waals surface area contributed by atoms with E-state index in [1.165, 1.54) is 50.3 Å². The molecule has 16 heteroatoms. The number of carboxylic acids is 2. The monoisotopic (exact) mass is 1260 g/mol. The number of aromatic carboxylic acids is 2. The summed E-state index contributed by atoms with van der Waals surface area (Å²) >= 11 is 6.88. The third kappa shape index (κ3) is 16.8. The van der Waals surface area contributed by atoms with Gasteiger partial charge >= 0.3 is 37.0 Å². The molecule has 11 rings (SSSR count). The number of hydrogen-bond acceptors (Lipinski definition) is 10. The summed E-state index contributed by atoms with van der Waals surface area (Å²) < 4.78 is 16.4. The predicted octanol–water partition coefficient (Wildman–Crippen LogP) is 14.6. The molecular formula is C69H57BBr2O13. The first-order valence-corrected chi connectivity index (χ1v) is 27.1. The van der Waals surface area contributed by atoms with Crippen LogP contribution in [0, 0.1) is 0 Å². The lowest BCUT2D eigenvalue weighted by molar-refractivity contribution is 0.0592. The average molecular weight is 1260 g/mol. The van der Waals surface area contributed by atoms with Crippen molar-refractivity contribution in [1.82, 2.24) is 0 Å². The van der Waals surface area contributed by atoms with E-state index in [4.69, 9.17) is 19.5 Å². The summed E-state index contributed by atoms with van der Waals surface area (Å²) in [6.07, 6.45) is 0. The van der Waals surface area contributed by atoms with E-state index in [9.17, 15) is 34.2 Å². The number of hydrogen-bond donors (Lipinski definition) is 4. The van der Waals surface area contributed by atoms with Gasteiger partial charge < -0.3 is 39.9 Å². The molecule has 0 spiro atoms. The summed E-state index contributed by atoms with van der Waals surface area (Å²) in [6, 6.07) is 71.3. The van der Waals surface area contributed by atoms with Crippen LogP contribution in [-0.2, 0) is 14.2 Å². The van der Waals surface area contributed by atoms with E-state index in [1.807, 2.05) is 97.1 Å². The zero-order chi connectivity index (χ0) is 59.2. The minimum atomic E-state index is -1.57. The number of esters is 3. The van der Waals surface area contributed by atoms with Gasteiger partial charge in [0.25, 0.3) is 0 Å². The Labute approximate surface area is 508 Å². The Kier molecular flexibility index (Phi) is 22.9. The number of carboxylic acid groups (broad SMARTS) is 2. The highest BCUT2D eigenvalue weighted by molar-refractivity contribution is 9.10. The molecule has 0 amide bonds.